The minimum absolute atomic E-state index is 0.0164. The van der Waals surface area contributed by atoms with Crippen LogP contribution in [0.5, 0.6) is 0 Å². The molecule has 0 spiro atoms. The number of nitrogen functional groups attached to an aromatic ring is 1. The van der Waals surface area contributed by atoms with Gasteiger partial charge in [-0.3, -0.25) is 0 Å². The number of nitrogens with zero attached hydrogens (tertiary/aromatic N) is 1. The molecule has 2 rings (SSSR count). The van der Waals surface area contributed by atoms with Crippen LogP contribution in [-0.2, 0) is 0 Å². The Hall–Kier alpha value is -1.71. The van der Waals surface area contributed by atoms with E-state index in [0.717, 1.165) is 31.6 Å². The van der Waals surface area contributed by atoms with Crippen LogP contribution in [0.25, 0.3) is 0 Å². The Morgan fingerprint density at radius 3 is 2.40 bits per heavy atom. The smallest absolute Gasteiger partial charge is 0.321 e. The fourth-order valence-corrected chi connectivity index (χ4v) is 1.69. The zero-order valence-electron chi connectivity index (χ0n) is 8.57. The van der Waals surface area contributed by atoms with Crippen molar-refractivity contribution in [1.82, 2.24) is 4.90 Å². The summed E-state index contributed by atoms with van der Waals surface area (Å²) in [7, 11) is 0. The molecule has 1 aliphatic rings. The van der Waals surface area contributed by atoms with Crippen LogP contribution in [0, 0.1) is 0 Å². The molecule has 1 heterocycles. The van der Waals surface area contributed by atoms with E-state index < -0.39 is 0 Å². The Kier molecular flexibility index (Phi) is 2.76. The summed E-state index contributed by atoms with van der Waals surface area (Å²) in [6.45, 7) is 1.72. The second-order valence-electron chi connectivity index (χ2n) is 3.75. The van der Waals surface area contributed by atoms with Gasteiger partial charge in [0.15, 0.2) is 0 Å². The van der Waals surface area contributed by atoms with Crippen molar-refractivity contribution >= 4 is 17.4 Å². The summed E-state index contributed by atoms with van der Waals surface area (Å²) in [5.41, 5.74) is 7.05. The molecule has 0 aromatic heterocycles. The number of hydrogen-bond donors (Lipinski definition) is 2. The molecule has 1 aromatic carbocycles. The molecule has 1 saturated heterocycles. The topological polar surface area (TPSA) is 58.4 Å². The molecule has 4 nitrogen and oxygen atoms in total. The predicted molar refractivity (Wildman–Crippen MR) is 60.7 cm³/mol. The first-order valence-corrected chi connectivity index (χ1v) is 5.17. The van der Waals surface area contributed by atoms with E-state index in [4.69, 9.17) is 5.73 Å². The molecule has 0 aliphatic carbocycles. The molecule has 1 aromatic rings. The van der Waals surface area contributed by atoms with Gasteiger partial charge in [-0.05, 0) is 37.1 Å². The van der Waals surface area contributed by atoms with Crippen LogP contribution in [0.15, 0.2) is 24.3 Å². The number of amides is 2. The molecule has 0 unspecified atom stereocenters. The van der Waals surface area contributed by atoms with Gasteiger partial charge in [-0.25, -0.2) is 4.79 Å². The van der Waals surface area contributed by atoms with Crippen LogP contribution in [0.4, 0.5) is 16.2 Å². The normalized spacial score (nSPS) is 15.3. The van der Waals surface area contributed by atoms with Gasteiger partial charge in [0.05, 0.1) is 0 Å². The molecule has 80 valence electrons. The van der Waals surface area contributed by atoms with Gasteiger partial charge in [0.2, 0.25) is 0 Å². The fourth-order valence-electron chi connectivity index (χ4n) is 1.69. The Labute approximate surface area is 89.1 Å². The number of hydrogen-bond acceptors (Lipinski definition) is 2. The SMILES string of the molecule is Nc1ccc(NC(=O)N2CCCC2)cc1. The third-order valence-electron chi connectivity index (χ3n) is 2.56. The van der Waals surface area contributed by atoms with Gasteiger partial charge < -0.3 is 16.0 Å². The molecule has 0 atom stereocenters. The zero-order valence-corrected chi connectivity index (χ0v) is 8.57. The van der Waals surface area contributed by atoms with Gasteiger partial charge in [-0.2, -0.15) is 0 Å². The first-order valence-electron chi connectivity index (χ1n) is 5.17. The monoisotopic (exact) mass is 205 g/mol. The molecular formula is C11H15N3O. The summed E-state index contributed by atoms with van der Waals surface area (Å²) in [6.07, 6.45) is 2.21. The average Bonchev–Trinajstić information content (AvgIpc) is 2.74. The molecule has 15 heavy (non-hydrogen) atoms. The minimum Gasteiger partial charge on any atom is -0.399 e. The van der Waals surface area contributed by atoms with Crippen molar-refractivity contribution in [2.75, 3.05) is 24.1 Å². The molecule has 0 bridgehead atoms. The highest BCUT2D eigenvalue weighted by Gasteiger charge is 2.17. The maximum atomic E-state index is 11.7. The van der Waals surface area contributed by atoms with E-state index in [-0.39, 0.29) is 6.03 Å². The second kappa shape index (κ2) is 4.21. The van der Waals surface area contributed by atoms with E-state index in [0.29, 0.717) is 5.69 Å². The lowest BCUT2D eigenvalue weighted by molar-refractivity contribution is 0.222. The predicted octanol–water partition coefficient (Wildman–Crippen LogP) is 1.90. The maximum Gasteiger partial charge on any atom is 0.321 e. The third kappa shape index (κ3) is 2.40. The van der Waals surface area contributed by atoms with Crippen LogP contribution >= 0.6 is 0 Å². The van der Waals surface area contributed by atoms with Crippen LogP contribution in [0.1, 0.15) is 12.8 Å². The highest BCUT2D eigenvalue weighted by Crippen LogP contribution is 2.13. The van der Waals surface area contributed by atoms with Crippen LogP contribution in [-0.4, -0.2) is 24.0 Å². The lowest BCUT2D eigenvalue weighted by Gasteiger charge is -2.16. The molecule has 4 heteroatoms. The van der Waals surface area contributed by atoms with Gasteiger partial charge in [-0.15, -0.1) is 0 Å². The highest BCUT2D eigenvalue weighted by molar-refractivity contribution is 5.89. The quantitative estimate of drug-likeness (QED) is 0.688. The van der Waals surface area contributed by atoms with Crippen molar-refractivity contribution in [3.63, 3.8) is 0 Å². The van der Waals surface area contributed by atoms with Gasteiger partial charge in [0.25, 0.3) is 0 Å². The molecule has 3 N–H and O–H groups in total. The van der Waals surface area contributed by atoms with Gasteiger partial charge in [-0.1, -0.05) is 0 Å². The summed E-state index contributed by atoms with van der Waals surface area (Å²) >= 11 is 0. The van der Waals surface area contributed by atoms with E-state index in [9.17, 15) is 4.79 Å². The van der Waals surface area contributed by atoms with Crippen molar-refractivity contribution in [3.05, 3.63) is 24.3 Å². The van der Waals surface area contributed by atoms with Crippen molar-refractivity contribution in [1.29, 1.82) is 0 Å². The second-order valence-corrected chi connectivity index (χ2v) is 3.75. The summed E-state index contributed by atoms with van der Waals surface area (Å²) in [4.78, 5) is 13.5. The molecule has 0 saturated carbocycles. The largest absolute Gasteiger partial charge is 0.399 e. The van der Waals surface area contributed by atoms with Gasteiger partial charge >= 0.3 is 6.03 Å². The molecule has 1 fully saturated rings. The number of carbonyl (C=O) groups is 1. The van der Waals surface area contributed by atoms with E-state index in [1.165, 1.54) is 0 Å². The highest BCUT2D eigenvalue weighted by atomic mass is 16.2. The summed E-state index contributed by atoms with van der Waals surface area (Å²) in [6, 6.07) is 7.16. The number of nitrogens with two attached hydrogens (primary N) is 1. The number of nitrogens with one attached hydrogen (secondary N) is 1. The zero-order chi connectivity index (χ0) is 10.7. The molecule has 0 radical (unpaired) electrons. The van der Waals surface area contributed by atoms with Crippen molar-refractivity contribution < 1.29 is 4.79 Å². The molecular weight excluding hydrogens is 190 g/mol. The Balaban J connectivity index is 1.96. The number of likely N-dealkylation sites (tertiary alicyclic amines) is 1. The van der Waals surface area contributed by atoms with E-state index >= 15 is 0 Å². The first kappa shape index (κ1) is 9.83. The summed E-state index contributed by atoms with van der Waals surface area (Å²) < 4.78 is 0. The van der Waals surface area contributed by atoms with Crippen LogP contribution < -0.4 is 11.1 Å². The average molecular weight is 205 g/mol. The van der Waals surface area contributed by atoms with Crippen molar-refractivity contribution in [2.45, 2.75) is 12.8 Å². The van der Waals surface area contributed by atoms with Gasteiger partial charge in [0, 0.05) is 24.5 Å². The molecule has 2 amide bonds. The maximum absolute atomic E-state index is 11.7. The third-order valence-corrected chi connectivity index (χ3v) is 2.56. The number of benzene rings is 1. The Morgan fingerprint density at radius 2 is 1.80 bits per heavy atom. The van der Waals surface area contributed by atoms with E-state index in [1.807, 2.05) is 17.0 Å². The number of carbonyl (C=O) groups excluding carboxylic acids is 1. The number of urea groups is 1. The van der Waals surface area contributed by atoms with Crippen LogP contribution in [0.3, 0.4) is 0 Å². The van der Waals surface area contributed by atoms with Crippen molar-refractivity contribution in [2.24, 2.45) is 0 Å². The van der Waals surface area contributed by atoms with Crippen molar-refractivity contribution in [3.8, 4) is 0 Å². The summed E-state index contributed by atoms with van der Waals surface area (Å²) in [5.74, 6) is 0. The van der Waals surface area contributed by atoms with Gasteiger partial charge in [0.1, 0.15) is 0 Å². The van der Waals surface area contributed by atoms with E-state index in [1.54, 1.807) is 12.1 Å². The number of anilines is 2. The lowest BCUT2D eigenvalue weighted by Crippen LogP contribution is -2.32. The first-order chi connectivity index (χ1) is 7.25. The van der Waals surface area contributed by atoms with Crippen LogP contribution in [0.2, 0.25) is 0 Å². The number of rotatable bonds is 1. The molecule has 1 aliphatic heterocycles. The fraction of sp³-hybridized carbons (Fsp3) is 0.364. The summed E-state index contributed by atoms with van der Waals surface area (Å²) in [5, 5.41) is 2.84. The van der Waals surface area contributed by atoms with E-state index in [2.05, 4.69) is 5.32 Å². The Morgan fingerprint density at radius 1 is 1.20 bits per heavy atom. The Bertz CT molecular complexity index is 341. The minimum atomic E-state index is -0.0164. The standard InChI is InChI=1S/C11H15N3O/c12-9-3-5-10(6-4-9)13-11(15)14-7-1-2-8-14/h3-6H,1-2,7-8,12H2,(H,13,15). The lowest BCUT2D eigenvalue weighted by atomic mass is 10.3.